The number of thioether (sulfide) groups is 1. The molecule has 0 bridgehead atoms. The lowest BCUT2D eigenvalue weighted by Gasteiger charge is -2.72. The van der Waals surface area contributed by atoms with E-state index in [1.165, 1.54) is 50.7 Å². The van der Waals surface area contributed by atoms with Crippen LogP contribution in [0.3, 0.4) is 0 Å². The van der Waals surface area contributed by atoms with E-state index < -0.39 is 0 Å². The molecule has 178 valence electrons. The van der Waals surface area contributed by atoms with Gasteiger partial charge in [-0.1, -0.05) is 54.0 Å². The summed E-state index contributed by atoms with van der Waals surface area (Å²) < 4.78 is 0. The standard InChI is InChI=1S/C26H44OS.C3H6/c1-16-14-20(27)17(2)18-9-11-24(4)21(26(16,18)6)15-28-22-19-8-7-10-23(19,3)12-13-25(22,24)5;1-3-2/h16-22,27H,7-15H2,1-6H3;3H,1H2,2H3/t16?,17-,18?,19?,20+,21?,22-,23-,24-,25-,26+;/m1./s1. The SMILES string of the molecule is C=CC.CC1C[C@H](O)[C@H](C)C2CC[C@]3(C)C(CS[C@@H]4C5CCC[C@]5(C)CC[C@]43C)[C@@]12C. The summed E-state index contributed by atoms with van der Waals surface area (Å²) in [5.74, 6) is 5.00. The van der Waals surface area contributed by atoms with E-state index in [-0.39, 0.29) is 6.10 Å². The molecule has 0 radical (unpaired) electrons. The van der Waals surface area contributed by atoms with Crippen molar-refractivity contribution < 1.29 is 5.11 Å². The highest BCUT2D eigenvalue weighted by atomic mass is 32.2. The molecule has 1 aliphatic heterocycles. The lowest BCUT2D eigenvalue weighted by molar-refractivity contribution is -0.199. The first-order valence-corrected chi connectivity index (χ1v) is 14.4. The van der Waals surface area contributed by atoms with Crippen molar-refractivity contribution in [2.45, 2.75) is 111 Å². The van der Waals surface area contributed by atoms with Crippen LogP contribution in [0.15, 0.2) is 12.7 Å². The van der Waals surface area contributed by atoms with Crippen LogP contribution in [0.25, 0.3) is 0 Å². The molecular weight excluding hydrogens is 396 g/mol. The third kappa shape index (κ3) is 3.19. The minimum absolute atomic E-state index is 0.0779. The zero-order chi connectivity index (χ0) is 22.8. The summed E-state index contributed by atoms with van der Waals surface area (Å²) in [6, 6.07) is 0. The Labute approximate surface area is 197 Å². The monoisotopic (exact) mass is 446 g/mol. The molecule has 11 atom stereocenters. The van der Waals surface area contributed by atoms with Gasteiger partial charge in [0.25, 0.3) is 0 Å². The van der Waals surface area contributed by atoms with Gasteiger partial charge in [-0.25, -0.2) is 0 Å². The minimum atomic E-state index is -0.0779. The molecule has 5 aliphatic rings. The second-order valence-electron chi connectivity index (χ2n) is 13.3. The van der Waals surface area contributed by atoms with Gasteiger partial charge in [-0.15, -0.1) is 6.58 Å². The Hall–Kier alpha value is 0.0500. The minimum Gasteiger partial charge on any atom is -0.393 e. The predicted molar refractivity (Wildman–Crippen MR) is 136 cm³/mol. The van der Waals surface area contributed by atoms with Gasteiger partial charge in [0.1, 0.15) is 0 Å². The normalized spacial score (nSPS) is 58.0. The Morgan fingerprint density at radius 1 is 0.935 bits per heavy atom. The number of rotatable bonds is 0. The largest absolute Gasteiger partial charge is 0.393 e. The van der Waals surface area contributed by atoms with Gasteiger partial charge in [0.2, 0.25) is 0 Å². The lowest BCUT2D eigenvalue weighted by Crippen LogP contribution is -2.67. The zero-order valence-electron chi connectivity index (χ0n) is 21.5. The highest BCUT2D eigenvalue weighted by Crippen LogP contribution is 2.75. The van der Waals surface area contributed by atoms with E-state index in [2.05, 4.69) is 59.9 Å². The molecule has 0 aromatic heterocycles. The maximum absolute atomic E-state index is 10.7. The molecule has 5 rings (SSSR count). The molecule has 1 heterocycles. The average Bonchev–Trinajstić information content (AvgIpc) is 3.10. The first kappa shape index (κ1) is 24.2. The number of aliphatic hydroxyl groups excluding tert-OH is 1. The Balaban J connectivity index is 0.000000730. The first-order valence-electron chi connectivity index (χ1n) is 13.4. The van der Waals surface area contributed by atoms with Crippen molar-refractivity contribution in [2.24, 2.45) is 51.2 Å². The third-order valence-corrected chi connectivity index (χ3v) is 14.0. The zero-order valence-corrected chi connectivity index (χ0v) is 22.4. The molecule has 0 aromatic carbocycles. The van der Waals surface area contributed by atoms with Gasteiger partial charge >= 0.3 is 0 Å². The van der Waals surface area contributed by atoms with Gasteiger partial charge in [-0.3, -0.25) is 0 Å². The maximum atomic E-state index is 10.7. The van der Waals surface area contributed by atoms with Crippen LogP contribution >= 0.6 is 11.8 Å². The van der Waals surface area contributed by atoms with Crippen LogP contribution in [0.4, 0.5) is 0 Å². The van der Waals surface area contributed by atoms with Crippen molar-refractivity contribution in [1.82, 2.24) is 0 Å². The second kappa shape index (κ2) is 8.07. The van der Waals surface area contributed by atoms with Gasteiger partial charge in [0.15, 0.2) is 0 Å². The summed E-state index contributed by atoms with van der Waals surface area (Å²) in [6.45, 7) is 20.8. The average molecular weight is 447 g/mol. The topological polar surface area (TPSA) is 20.2 Å². The molecule has 1 saturated heterocycles. The van der Waals surface area contributed by atoms with Crippen molar-refractivity contribution in [2.75, 3.05) is 5.75 Å². The van der Waals surface area contributed by atoms with Crippen molar-refractivity contribution >= 4 is 11.8 Å². The van der Waals surface area contributed by atoms with Crippen LogP contribution < -0.4 is 0 Å². The van der Waals surface area contributed by atoms with Gasteiger partial charge < -0.3 is 5.11 Å². The molecule has 0 spiro atoms. The molecule has 4 aliphatic carbocycles. The summed E-state index contributed by atoms with van der Waals surface area (Å²) in [6.07, 6.45) is 12.8. The molecule has 31 heavy (non-hydrogen) atoms. The van der Waals surface area contributed by atoms with E-state index in [0.29, 0.717) is 39.4 Å². The summed E-state index contributed by atoms with van der Waals surface area (Å²) in [4.78, 5) is 0. The van der Waals surface area contributed by atoms with Gasteiger partial charge in [0.05, 0.1) is 6.10 Å². The number of fused-ring (bicyclic) bond motifs is 7. The van der Waals surface area contributed by atoms with Crippen molar-refractivity contribution in [3.8, 4) is 0 Å². The molecule has 1 nitrogen and oxygen atoms in total. The van der Waals surface area contributed by atoms with Crippen molar-refractivity contribution in [1.29, 1.82) is 0 Å². The van der Waals surface area contributed by atoms with E-state index in [9.17, 15) is 5.11 Å². The highest BCUT2D eigenvalue weighted by Gasteiger charge is 2.69. The molecule has 2 heteroatoms. The maximum Gasteiger partial charge on any atom is 0.0571 e. The van der Waals surface area contributed by atoms with Crippen LogP contribution in [0.1, 0.15) is 99.8 Å². The number of hydrogen-bond acceptors (Lipinski definition) is 2. The molecule has 0 amide bonds. The first-order chi connectivity index (χ1) is 14.5. The Morgan fingerprint density at radius 3 is 2.29 bits per heavy atom. The quantitative estimate of drug-likeness (QED) is 0.381. The van der Waals surface area contributed by atoms with E-state index in [1.54, 1.807) is 6.08 Å². The highest BCUT2D eigenvalue weighted by molar-refractivity contribution is 8.00. The summed E-state index contributed by atoms with van der Waals surface area (Å²) in [5.41, 5.74) is 2.03. The second-order valence-corrected chi connectivity index (χ2v) is 14.5. The van der Waals surface area contributed by atoms with E-state index in [0.717, 1.165) is 23.5 Å². The summed E-state index contributed by atoms with van der Waals surface area (Å²) >= 11 is 2.40. The summed E-state index contributed by atoms with van der Waals surface area (Å²) in [5, 5.41) is 11.6. The number of aliphatic hydroxyl groups is 1. The Morgan fingerprint density at radius 2 is 1.61 bits per heavy atom. The van der Waals surface area contributed by atoms with E-state index in [1.807, 2.05) is 6.92 Å². The van der Waals surface area contributed by atoms with Crippen LogP contribution in [0.2, 0.25) is 0 Å². The van der Waals surface area contributed by atoms with Crippen LogP contribution in [-0.2, 0) is 0 Å². The van der Waals surface area contributed by atoms with Gasteiger partial charge in [0, 0.05) is 5.25 Å². The third-order valence-electron chi connectivity index (χ3n) is 12.3. The fourth-order valence-corrected chi connectivity index (χ4v) is 12.5. The van der Waals surface area contributed by atoms with Crippen molar-refractivity contribution in [3.05, 3.63) is 12.7 Å². The van der Waals surface area contributed by atoms with Crippen LogP contribution in [-0.4, -0.2) is 22.2 Å². The molecule has 5 fully saturated rings. The van der Waals surface area contributed by atoms with Gasteiger partial charge in [-0.2, -0.15) is 11.8 Å². The predicted octanol–water partition coefficient (Wildman–Crippen LogP) is 7.98. The fourth-order valence-electron chi connectivity index (χ4n) is 9.90. The molecule has 4 unspecified atom stereocenters. The fraction of sp³-hybridized carbons (Fsp3) is 0.931. The smallest absolute Gasteiger partial charge is 0.0571 e. The Kier molecular flexibility index (Phi) is 6.30. The summed E-state index contributed by atoms with van der Waals surface area (Å²) in [7, 11) is 0. The Bertz CT molecular complexity index is 690. The molecule has 4 saturated carbocycles. The molecule has 1 N–H and O–H groups in total. The number of allylic oxidation sites excluding steroid dienone is 1. The van der Waals surface area contributed by atoms with Crippen LogP contribution in [0.5, 0.6) is 0 Å². The van der Waals surface area contributed by atoms with E-state index in [4.69, 9.17) is 0 Å². The van der Waals surface area contributed by atoms with Crippen LogP contribution in [0, 0.1) is 51.2 Å². The van der Waals surface area contributed by atoms with E-state index >= 15 is 0 Å². The molecular formula is C29H50OS. The lowest BCUT2D eigenvalue weighted by atomic mass is 9.37. The van der Waals surface area contributed by atoms with Crippen molar-refractivity contribution in [3.63, 3.8) is 0 Å². The van der Waals surface area contributed by atoms with Gasteiger partial charge in [-0.05, 0) is 109 Å². The molecule has 0 aromatic rings. The number of hydrogen-bond donors (Lipinski definition) is 1.